The summed E-state index contributed by atoms with van der Waals surface area (Å²) in [5, 5.41) is 19.5. The van der Waals surface area contributed by atoms with Crippen LogP contribution >= 0.6 is 0 Å². The van der Waals surface area contributed by atoms with Crippen molar-refractivity contribution in [1.29, 1.82) is 0 Å². The molecule has 1 aromatic heterocycles. The number of hydrogen-bond donors (Lipinski definition) is 2. The molecule has 0 aliphatic carbocycles. The lowest BCUT2D eigenvalue weighted by Gasteiger charge is -2.32. The lowest BCUT2D eigenvalue weighted by Crippen LogP contribution is -2.42. The normalized spacial score (nSPS) is 21.1. The van der Waals surface area contributed by atoms with Crippen LogP contribution < -0.4 is 5.32 Å². The van der Waals surface area contributed by atoms with Crippen molar-refractivity contribution >= 4 is 11.9 Å². The van der Waals surface area contributed by atoms with Crippen LogP contribution in [0, 0.1) is 5.82 Å². The Hall–Kier alpha value is -2.81. The molecule has 1 amide bonds. The van der Waals surface area contributed by atoms with Gasteiger partial charge in [0.05, 0.1) is 12.6 Å². The number of nitrogens with one attached hydrogen (secondary N) is 1. The zero-order valence-electron chi connectivity index (χ0n) is 15.9. The van der Waals surface area contributed by atoms with E-state index in [1.807, 2.05) is 17.6 Å². The molecule has 28 heavy (non-hydrogen) atoms. The van der Waals surface area contributed by atoms with Crippen LogP contribution in [0.2, 0.25) is 0 Å². The predicted molar refractivity (Wildman–Crippen MR) is 98.7 cm³/mol. The summed E-state index contributed by atoms with van der Waals surface area (Å²) in [7, 11) is 0. The van der Waals surface area contributed by atoms with Gasteiger partial charge >= 0.3 is 0 Å². The molecule has 1 aromatic carbocycles. The maximum absolute atomic E-state index is 13.4. The van der Waals surface area contributed by atoms with Gasteiger partial charge in [-0.3, -0.25) is 14.2 Å². The molecule has 2 N–H and O–H groups in total. The Morgan fingerprint density at radius 1 is 1.39 bits per heavy atom. The number of halogens is 1. The van der Waals surface area contributed by atoms with Crippen molar-refractivity contribution in [3.8, 4) is 0 Å². The van der Waals surface area contributed by atoms with E-state index in [9.17, 15) is 9.18 Å². The average molecular weight is 389 g/mol. The van der Waals surface area contributed by atoms with Gasteiger partial charge in [-0.05, 0) is 44.0 Å². The molecule has 1 unspecified atom stereocenters. The molecule has 0 spiro atoms. The molecule has 1 fully saturated rings. The van der Waals surface area contributed by atoms with Gasteiger partial charge in [0.25, 0.3) is 5.97 Å². The first kappa shape index (κ1) is 19.9. The largest absolute Gasteiger partial charge is 0.481 e. The minimum atomic E-state index is -0.833. The first-order chi connectivity index (χ1) is 13.4. The first-order valence-electron chi connectivity index (χ1n) is 9.26. The molecule has 9 heteroatoms. The monoisotopic (exact) mass is 389 g/mol. The Morgan fingerprint density at radius 2 is 2.14 bits per heavy atom. The van der Waals surface area contributed by atoms with Crippen LogP contribution in [0.3, 0.4) is 0 Å². The summed E-state index contributed by atoms with van der Waals surface area (Å²) in [6, 6.07) is 6.20. The van der Waals surface area contributed by atoms with Crippen molar-refractivity contribution in [3.63, 3.8) is 0 Å². The van der Waals surface area contributed by atoms with Crippen molar-refractivity contribution < 1.29 is 19.1 Å². The second kappa shape index (κ2) is 8.47. The number of benzene rings is 1. The fourth-order valence-corrected chi connectivity index (χ4v) is 3.62. The summed E-state index contributed by atoms with van der Waals surface area (Å²) in [6.07, 6.45) is 2.13. The minimum absolute atomic E-state index is 0.0193. The molecule has 2 aliphatic rings. The van der Waals surface area contributed by atoms with Crippen molar-refractivity contribution in [2.75, 3.05) is 6.54 Å². The third-order valence-electron chi connectivity index (χ3n) is 4.82. The summed E-state index contributed by atoms with van der Waals surface area (Å²) < 4.78 is 15.3. The highest BCUT2D eigenvalue weighted by Gasteiger charge is 2.35. The van der Waals surface area contributed by atoms with Gasteiger partial charge in [-0.15, -0.1) is 10.2 Å². The van der Waals surface area contributed by atoms with E-state index in [1.54, 1.807) is 11.0 Å². The summed E-state index contributed by atoms with van der Waals surface area (Å²) >= 11 is 0. The Kier molecular flexibility index (Phi) is 6.03. The van der Waals surface area contributed by atoms with E-state index in [1.165, 1.54) is 12.1 Å². The van der Waals surface area contributed by atoms with Crippen molar-refractivity contribution in [2.24, 2.45) is 0 Å². The Bertz CT molecular complexity index is 859. The molecule has 1 saturated heterocycles. The fraction of sp³-hybridized carbons (Fsp3) is 0.474. The molecule has 3 heterocycles. The molecule has 150 valence electrons. The van der Waals surface area contributed by atoms with Gasteiger partial charge in [-0.1, -0.05) is 12.1 Å². The van der Waals surface area contributed by atoms with Crippen LogP contribution in [-0.2, 0) is 22.7 Å². The number of carbonyl (C=O) groups excluding carboxylic acids is 1. The van der Waals surface area contributed by atoms with Gasteiger partial charge in [0.15, 0.2) is 11.6 Å². The topological polar surface area (TPSA) is 100 Å². The number of carbonyl (C=O) groups is 2. The molecule has 0 radical (unpaired) electrons. The fourth-order valence-electron chi connectivity index (χ4n) is 3.62. The van der Waals surface area contributed by atoms with Gasteiger partial charge in [-0.25, -0.2) is 4.39 Å². The van der Waals surface area contributed by atoms with Crippen LogP contribution in [0.5, 0.6) is 0 Å². The van der Waals surface area contributed by atoms with Crippen LogP contribution in [0.1, 0.15) is 56.0 Å². The van der Waals surface area contributed by atoms with E-state index in [0.29, 0.717) is 13.1 Å². The van der Waals surface area contributed by atoms with E-state index >= 15 is 0 Å². The van der Waals surface area contributed by atoms with Crippen molar-refractivity contribution in [2.45, 2.75) is 51.9 Å². The van der Waals surface area contributed by atoms with Crippen LogP contribution in [0.15, 0.2) is 24.3 Å². The van der Waals surface area contributed by atoms with Gasteiger partial charge in [-0.2, -0.15) is 0 Å². The van der Waals surface area contributed by atoms with Crippen LogP contribution in [-0.4, -0.2) is 43.2 Å². The quantitative estimate of drug-likeness (QED) is 0.833. The van der Waals surface area contributed by atoms with Gasteiger partial charge in [0, 0.05) is 13.5 Å². The number of hydrogen-bond acceptors (Lipinski definition) is 5. The van der Waals surface area contributed by atoms with Crippen LogP contribution in [0.4, 0.5) is 4.39 Å². The molecular weight excluding hydrogens is 365 g/mol. The number of carboxylic acid groups (broad SMARTS) is 1. The third kappa shape index (κ3) is 4.36. The van der Waals surface area contributed by atoms with E-state index in [4.69, 9.17) is 9.90 Å². The number of amides is 1. The zero-order chi connectivity index (χ0) is 20.3. The van der Waals surface area contributed by atoms with E-state index in [2.05, 4.69) is 15.5 Å². The van der Waals surface area contributed by atoms with Crippen molar-refractivity contribution in [1.82, 2.24) is 25.0 Å². The Morgan fingerprint density at radius 3 is 2.79 bits per heavy atom. The lowest BCUT2D eigenvalue weighted by molar-refractivity contribution is -0.138. The molecule has 2 aliphatic heterocycles. The molecule has 2 aromatic rings. The lowest BCUT2D eigenvalue weighted by atomic mass is 10.1. The second-order valence-corrected chi connectivity index (χ2v) is 7.01. The number of aromatic nitrogens is 3. The SMILES string of the molecule is CC(=O)O.C[C@H]1C(=O)N(Cc2cccc(F)c2)Cc2nnc(C3CCCN3)n21. The number of fused-ring (bicyclic) bond motifs is 1. The maximum Gasteiger partial charge on any atom is 0.300 e. The smallest absolute Gasteiger partial charge is 0.300 e. The Labute approximate surface area is 162 Å². The van der Waals surface area contributed by atoms with Gasteiger partial charge < -0.3 is 15.3 Å². The molecule has 2 atom stereocenters. The number of rotatable bonds is 3. The highest BCUT2D eigenvalue weighted by atomic mass is 19.1. The molecule has 8 nitrogen and oxygen atoms in total. The Balaban J connectivity index is 0.000000516. The molecular formula is C19H24FN5O3. The van der Waals surface area contributed by atoms with E-state index in [0.717, 1.165) is 43.5 Å². The summed E-state index contributed by atoms with van der Waals surface area (Å²) in [6.45, 7) is 4.72. The summed E-state index contributed by atoms with van der Waals surface area (Å²) in [5.41, 5.74) is 0.779. The van der Waals surface area contributed by atoms with Gasteiger partial charge in [0.1, 0.15) is 11.9 Å². The second-order valence-electron chi connectivity index (χ2n) is 7.01. The van der Waals surface area contributed by atoms with Gasteiger partial charge in [0.2, 0.25) is 5.91 Å². The summed E-state index contributed by atoms with van der Waals surface area (Å²) in [4.78, 5) is 23.5. The number of aliphatic carboxylic acids is 1. The minimum Gasteiger partial charge on any atom is -0.481 e. The van der Waals surface area contributed by atoms with Crippen molar-refractivity contribution in [3.05, 3.63) is 47.3 Å². The number of carboxylic acids is 1. The standard InChI is InChI=1S/C17H20FN5O.C2H4O2/c1-11-17(24)22(9-12-4-2-5-13(18)8-12)10-15-20-21-16(23(11)15)14-6-3-7-19-14;1-2(3)4/h2,4-5,8,11,14,19H,3,6-7,9-10H2,1H3;1H3,(H,3,4)/t11-,14?;/m0./s1. The molecule has 0 bridgehead atoms. The third-order valence-corrected chi connectivity index (χ3v) is 4.82. The highest BCUT2D eigenvalue weighted by Crippen LogP contribution is 2.29. The summed E-state index contributed by atoms with van der Waals surface area (Å²) in [5.74, 6) is 0.546. The van der Waals surface area contributed by atoms with E-state index in [-0.39, 0.29) is 23.8 Å². The zero-order valence-corrected chi connectivity index (χ0v) is 15.9. The molecule has 0 saturated carbocycles. The number of nitrogens with zero attached hydrogens (tertiary/aromatic N) is 4. The average Bonchev–Trinajstić information content (AvgIpc) is 3.28. The van der Waals surface area contributed by atoms with Crippen LogP contribution in [0.25, 0.3) is 0 Å². The molecule has 4 rings (SSSR count). The maximum atomic E-state index is 13.4. The first-order valence-corrected chi connectivity index (χ1v) is 9.26. The predicted octanol–water partition coefficient (Wildman–Crippen LogP) is 2.04. The van der Waals surface area contributed by atoms with E-state index < -0.39 is 5.97 Å². The highest BCUT2D eigenvalue weighted by molar-refractivity contribution is 5.81.